The van der Waals surface area contributed by atoms with Crippen LogP contribution in [0, 0.1) is 25.2 Å². The van der Waals surface area contributed by atoms with Gasteiger partial charge in [-0.25, -0.2) is 4.98 Å². The summed E-state index contributed by atoms with van der Waals surface area (Å²) in [6.45, 7) is 8.00. The lowest BCUT2D eigenvalue weighted by Gasteiger charge is -2.21. The van der Waals surface area contributed by atoms with Gasteiger partial charge in [-0.3, -0.25) is 14.5 Å². The summed E-state index contributed by atoms with van der Waals surface area (Å²) in [7, 11) is 0. The Morgan fingerprint density at radius 1 is 1.36 bits per heavy atom. The van der Waals surface area contributed by atoms with Crippen LogP contribution in [0.4, 0.5) is 10.8 Å². The van der Waals surface area contributed by atoms with E-state index in [9.17, 15) is 14.9 Å². The van der Waals surface area contributed by atoms with Gasteiger partial charge < -0.3 is 5.32 Å². The number of anilines is 2. The second kappa shape index (κ2) is 9.81. The Bertz CT molecular complexity index is 940. The molecule has 1 heterocycles. The van der Waals surface area contributed by atoms with Crippen LogP contribution in [0.1, 0.15) is 43.5 Å². The van der Waals surface area contributed by atoms with Crippen LogP contribution in [0.3, 0.4) is 0 Å². The van der Waals surface area contributed by atoms with Crippen molar-refractivity contribution in [1.82, 2.24) is 10.3 Å². The van der Waals surface area contributed by atoms with Crippen LogP contribution in [0.5, 0.6) is 0 Å². The van der Waals surface area contributed by atoms with Gasteiger partial charge in [-0.05, 0) is 43.5 Å². The number of amides is 2. The van der Waals surface area contributed by atoms with Gasteiger partial charge in [-0.1, -0.05) is 25.5 Å². The van der Waals surface area contributed by atoms with E-state index in [0.29, 0.717) is 17.4 Å². The summed E-state index contributed by atoms with van der Waals surface area (Å²) in [5.74, 6) is -0.570. The van der Waals surface area contributed by atoms with Gasteiger partial charge in [0.15, 0.2) is 5.13 Å². The molecule has 0 aliphatic carbocycles. The molecule has 0 saturated heterocycles. The van der Waals surface area contributed by atoms with Crippen LogP contribution in [0.15, 0.2) is 29.2 Å². The number of thiazole rings is 1. The maximum absolute atomic E-state index is 12.3. The molecule has 1 aromatic carbocycles. The van der Waals surface area contributed by atoms with Gasteiger partial charge in [-0.2, -0.15) is 5.26 Å². The molecule has 0 spiro atoms. The molecule has 0 radical (unpaired) electrons. The first-order valence-corrected chi connectivity index (χ1v) is 9.99. The Morgan fingerprint density at radius 2 is 2.11 bits per heavy atom. The smallest absolute Gasteiger partial charge is 0.262 e. The number of aromatic nitrogens is 1. The van der Waals surface area contributed by atoms with E-state index in [1.165, 1.54) is 24.3 Å². The van der Waals surface area contributed by atoms with E-state index in [1.807, 2.05) is 45.0 Å². The summed E-state index contributed by atoms with van der Waals surface area (Å²) in [5.41, 5.74) is 3.32. The quantitative estimate of drug-likeness (QED) is 0.430. The molecule has 6 nitrogen and oxygen atoms in total. The molecular formula is C21H24N4O2S. The number of nitriles is 1. The monoisotopic (exact) mass is 396 g/mol. The largest absolute Gasteiger partial charge is 0.351 e. The third kappa shape index (κ3) is 5.05. The predicted octanol–water partition coefficient (Wildman–Crippen LogP) is 4.27. The lowest BCUT2D eigenvalue weighted by Crippen LogP contribution is -2.25. The molecule has 0 atom stereocenters. The molecule has 0 bridgehead atoms. The van der Waals surface area contributed by atoms with Crippen molar-refractivity contribution in [2.75, 3.05) is 11.4 Å². The molecule has 0 aliphatic rings. The summed E-state index contributed by atoms with van der Waals surface area (Å²) in [5, 5.41) is 14.2. The lowest BCUT2D eigenvalue weighted by atomic mass is 10.1. The zero-order chi connectivity index (χ0) is 20.7. The molecule has 1 N–H and O–H groups in total. The molecular weight excluding hydrogens is 372 g/mol. The van der Waals surface area contributed by atoms with Crippen molar-refractivity contribution in [2.45, 2.75) is 40.5 Å². The SMILES string of the molecule is CCCCNC(=O)/C(C#N)=C/c1csc(N(C(C)=O)c2cccc(C)c2C)n1. The van der Waals surface area contributed by atoms with Crippen molar-refractivity contribution in [2.24, 2.45) is 0 Å². The highest BCUT2D eigenvalue weighted by atomic mass is 32.1. The van der Waals surface area contributed by atoms with Crippen molar-refractivity contribution in [3.05, 3.63) is 46.0 Å². The van der Waals surface area contributed by atoms with E-state index in [4.69, 9.17) is 0 Å². The highest BCUT2D eigenvalue weighted by Gasteiger charge is 2.20. The highest BCUT2D eigenvalue weighted by Crippen LogP contribution is 2.32. The number of aryl methyl sites for hydroxylation is 1. The predicted molar refractivity (Wildman–Crippen MR) is 112 cm³/mol. The zero-order valence-electron chi connectivity index (χ0n) is 16.6. The molecule has 2 amide bonds. The number of carbonyl (C=O) groups is 2. The maximum atomic E-state index is 12.3. The zero-order valence-corrected chi connectivity index (χ0v) is 17.4. The Kier molecular flexibility index (Phi) is 7.47. The Hall–Kier alpha value is -2.98. The third-order valence-electron chi connectivity index (χ3n) is 4.31. The summed E-state index contributed by atoms with van der Waals surface area (Å²) < 4.78 is 0. The molecule has 0 aliphatic heterocycles. The van der Waals surface area contributed by atoms with E-state index in [-0.39, 0.29) is 11.5 Å². The van der Waals surface area contributed by atoms with Crippen molar-refractivity contribution in [1.29, 1.82) is 5.26 Å². The normalized spacial score (nSPS) is 11.0. The highest BCUT2D eigenvalue weighted by molar-refractivity contribution is 7.14. The summed E-state index contributed by atoms with van der Waals surface area (Å²) in [6, 6.07) is 7.69. The van der Waals surface area contributed by atoms with E-state index in [0.717, 1.165) is 29.7 Å². The summed E-state index contributed by atoms with van der Waals surface area (Å²) in [4.78, 5) is 30.4. The topological polar surface area (TPSA) is 86.1 Å². The first kappa shape index (κ1) is 21.3. The fourth-order valence-electron chi connectivity index (χ4n) is 2.60. The molecule has 0 fully saturated rings. The first-order chi connectivity index (χ1) is 13.4. The molecule has 1 aromatic heterocycles. The molecule has 28 heavy (non-hydrogen) atoms. The molecule has 146 valence electrons. The Morgan fingerprint density at radius 3 is 2.75 bits per heavy atom. The standard InChI is InChI=1S/C21H24N4O2S/c1-5-6-10-23-20(27)17(12-22)11-18-13-28-21(24-18)25(16(4)26)19-9-7-8-14(2)15(19)3/h7-9,11,13H,5-6,10H2,1-4H3,(H,23,27)/b17-11+. The number of hydrogen-bond acceptors (Lipinski definition) is 5. The van der Waals surface area contributed by atoms with Crippen molar-refractivity contribution in [3.8, 4) is 6.07 Å². The van der Waals surface area contributed by atoms with E-state index in [1.54, 1.807) is 10.3 Å². The Balaban J connectivity index is 2.32. The minimum Gasteiger partial charge on any atom is -0.351 e. The van der Waals surface area contributed by atoms with Gasteiger partial charge in [0.25, 0.3) is 5.91 Å². The van der Waals surface area contributed by atoms with Gasteiger partial charge >= 0.3 is 0 Å². The van der Waals surface area contributed by atoms with Crippen LogP contribution in [-0.2, 0) is 9.59 Å². The number of rotatable bonds is 7. The van der Waals surface area contributed by atoms with E-state index >= 15 is 0 Å². The number of benzene rings is 1. The van der Waals surface area contributed by atoms with Gasteiger partial charge in [0, 0.05) is 18.8 Å². The second-order valence-electron chi connectivity index (χ2n) is 6.41. The third-order valence-corrected chi connectivity index (χ3v) is 5.15. The van der Waals surface area contributed by atoms with Gasteiger partial charge in [0.05, 0.1) is 11.4 Å². The fraction of sp³-hybridized carbons (Fsp3) is 0.333. The molecule has 2 rings (SSSR count). The van der Waals surface area contributed by atoms with Crippen LogP contribution >= 0.6 is 11.3 Å². The minimum atomic E-state index is -0.413. The number of unbranched alkanes of at least 4 members (excludes halogenated alkanes) is 1. The number of carbonyl (C=O) groups excluding carboxylic acids is 2. The van der Waals surface area contributed by atoms with Crippen LogP contribution < -0.4 is 10.2 Å². The second-order valence-corrected chi connectivity index (χ2v) is 7.24. The summed E-state index contributed by atoms with van der Waals surface area (Å²) >= 11 is 1.29. The van der Waals surface area contributed by atoms with Crippen molar-refractivity contribution in [3.63, 3.8) is 0 Å². The number of hydrogen-bond donors (Lipinski definition) is 1. The minimum absolute atomic E-state index is 0.00550. The maximum Gasteiger partial charge on any atom is 0.262 e. The van der Waals surface area contributed by atoms with E-state index in [2.05, 4.69) is 10.3 Å². The fourth-order valence-corrected chi connectivity index (χ4v) is 3.44. The lowest BCUT2D eigenvalue weighted by molar-refractivity contribution is -0.117. The molecule has 0 saturated carbocycles. The van der Waals surface area contributed by atoms with Crippen molar-refractivity contribution >= 4 is 40.0 Å². The average Bonchev–Trinajstić information content (AvgIpc) is 3.11. The van der Waals surface area contributed by atoms with Gasteiger partial charge in [0.1, 0.15) is 11.6 Å². The van der Waals surface area contributed by atoms with E-state index < -0.39 is 5.91 Å². The van der Waals surface area contributed by atoms with Crippen LogP contribution in [-0.4, -0.2) is 23.3 Å². The number of nitrogens with zero attached hydrogens (tertiary/aromatic N) is 3. The molecule has 7 heteroatoms. The molecule has 0 unspecified atom stereocenters. The van der Waals surface area contributed by atoms with Crippen LogP contribution in [0.25, 0.3) is 6.08 Å². The number of nitrogens with one attached hydrogen (secondary N) is 1. The van der Waals surface area contributed by atoms with Gasteiger partial charge in [0.2, 0.25) is 5.91 Å². The van der Waals surface area contributed by atoms with Crippen LogP contribution in [0.2, 0.25) is 0 Å². The summed E-state index contributed by atoms with van der Waals surface area (Å²) in [6.07, 6.45) is 3.26. The average molecular weight is 397 g/mol. The first-order valence-electron chi connectivity index (χ1n) is 9.11. The van der Waals surface area contributed by atoms with Gasteiger partial charge in [-0.15, -0.1) is 11.3 Å². The molecule has 2 aromatic rings. The Labute approximate surface area is 169 Å². The van der Waals surface area contributed by atoms with Crippen molar-refractivity contribution < 1.29 is 9.59 Å².